The number of carbonyl (C=O) groups is 11. The Hall–Kier alpha value is -6.73. The van der Waals surface area contributed by atoms with E-state index in [0.29, 0.717) is 19.5 Å². The number of carbonyl (C=O) groups excluding carboxylic acids is 11. The van der Waals surface area contributed by atoms with Crippen molar-refractivity contribution in [2.75, 3.05) is 62.4 Å². The molecule has 10 amide bonds. The van der Waals surface area contributed by atoms with Crippen molar-refractivity contribution in [1.82, 2.24) is 55.6 Å². The van der Waals surface area contributed by atoms with E-state index in [2.05, 4.69) is 21.3 Å². The van der Waals surface area contributed by atoms with Crippen molar-refractivity contribution in [2.45, 2.75) is 235 Å². The molecule has 0 aliphatic carbocycles. The summed E-state index contributed by atoms with van der Waals surface area (Å²) in [5, 5.41) is 34.9. The summed E-state index contributed by atoms with van der Waals surface area (Å²) < 4.78 is 5.92. The summed E-state index contributed by atoms with van der Waals surface area (Å²) >= 11 is 0. The average Bonchev–Trinajstić information content (AvgIpc) is 0.833. The van der Waals surface area contributed by atoms with E-state index in [1.807, 2.05) is 112 Å². The summed E-state index contributed by atoms with van der Waals surface area (Å²) in [6.45, 7) is 29.8. The van der Waals surface area contributed by atoms with E-state index >= 15 is 14.4 Å². The minimum absolute atomic E-state index is 0.0742. The van der Waals surface area contributed by atoms with Gasteiger partial charge in [-0.2, -0.15) is 0 Å². The fourth-order valence-corrected chi connectivity index (χ4v) is 11.9. The predicted octanol–water partition coefficient (Wildman–Crippen LogP) is 3.91. The molecule has 13 atom stereocenters. The van der Waals surface area contributed by atoms with Crippen LogP contribution < -0.4 is 21.3 Å². The van der Waals surface area contributed by atoms with E-state index in [1.54, 1.807) is 34.6 Å². The third-order valence-corrected chi connectivity index (χ3v) is 17.6. The Balaban J connectivity index is 3.03. The molecule has 0 radical (unpaired) electrons. The number of cyclic esters (lactones) is 1. The first-order valence-corrected chi connectivity index (χ1v) is 34.0. The number of aliphatic hydroxyl groups is 2. The first-order chi connectivity index (χ1) is 44.0. The van der Waals surface area contributed by atoms with Crippen molar-refractivity contribution in [3.8, 4) is 0 Å². The SMILES string of the molecule is CC(C)C[C@@H]1NC(=O)[C@@H](CC(C)C)N(C)C(=O)[C@H](C(C)C)OC(=O)[C@H](C)NC(=O)[C@@H](CC(C)C)N(C)C(=O)[C@@H](CC(C)C)NC(=O)[C@H](CC(C)C)N(C)C(=O)CN(C)C(=O)[C@H](C(C)O)NC(=O)[C@@H](C(O)[C@H](C)CCN(C)Cc2ccccc2)N(C)C(=O)[C@@H](C(C)C)N(C)C1=O. The molecule has 1 heterocycles. The standard InChI is InChI=1S/C70H121N11O14/c1-39(2)32-50-65(89)78(21)53(35-42(7)8)61(85)71-47(16)70(94)95-60(45(13)14)69(93)79(22)54(36-43(9)10)63(87)73-51(33-40(3)4)66(90)80(23)57(44(11)12)68(92)81(24)58(59(84)46(15)30-31-75(18)37-49-28-26-25-27-29-49)64(88)74-56(48(17)82)67(91)76(19)38-55(83)77(20)52(34-41(5)6)62(86)72-50/h25-29,39-48,50-54,56-60,82,84H,30-38H2,1-24H3,(H,71,85)(H,72,86)(H,73,87)(H,74,88)/t46-,47+,48?,50-,51+,52+,53-,54-,56+,57-,58-,59?,60+/m1/s1. The number of hydrogen-bond donors (Lipinski definition) is 6. The molecule has 0 saturated carbocycles. The van der Waals surface area contributed by atoms with Crippen LogP contribution in [-0.4, -0.2) is 245 Å². The summed E-state index contributed by atoms with van der Waals surface area (Å²) in [5.41, 5.74) is 1.04. The van der Waals surface area contributed by atoms with Crippen LogP contribution in [0.5, 0.6) is 0 Å². The number of aliphatic hydroxyl groups excluding tert-OH is 2. The lowest BCUT2D eigenvalue weighted by atomic mass is 9.91. The highest BCUT2D eigenvalue weighted by atomic mass is 16.6. The second-order valence-electron chi connectivity index (χ2n) is 29.5. The molecule has 6 N–H and O–H groups in total. The van der Waals surface area contributed by atoms with Gasteiger partial charge in [-0.15, -0.1) is 0 Å². The van der Waals surface area contributed by atoms with Gasteiger partial charge in [0.1, 0.15) is 54.4 Å². The lowest BCUT2D eigenvalue weighted by Gasteiger charge is -2.40. The quantitative estimate of drug-likeness (QED) is 0.101. The molecule has 2 rings (SSSR count). The molecule has 0 bridgehead atoms. The number of ether oxygens (including phenoxy) is 1. The molecule has 25 nitrogen and oxygen atoms in total. The number of likely N-dealkylation sites (N-methyl/N-ethyl adjacent to an activating group) is 6. The van der Waals surface area contributed by atoms with E-state index in [0.717, 1.165) is 20.3 Å². The van der Waals surface area contributed by atoms with Crippen molar-refractivity contribution in [1.29, 1.82) is 0 Å². The zero-order valence-electron chi connectivity index (χ0n) is 61.7. The highest BCUT2D eigenvalue weighted by Gasteiger charge is 2.46. The Morgan fingerprint density at radius 1 is 0.495 bits per heavy atom. The molecule has 540 valence electrons. The van der Waals surface area contributed by atoms with Crippen LogP contribution in [0.25, 0.3) is 0 Å². The van der Waals surface area contributed by atoms with Crippen molar-refractivity contribution < 1.29 is 67.7 Å². The molecule has 0 aromatic heterocycles. The number of nitrogens with zero attached hydrogens (tertiary/aromatic N) is 7. The van der Waals surface area contributed by atoms with Crippen LogP contribution in [0.3, 0.4) is 0 Å². The lowest BCUT2D eigenvalue weighted by molar-refractivity contribution is -0.166. The minimum atomic E-state index is -1.77. The van der Waals surface area contributed by atoms with Crippen LogP contribution in [0, 0.1) is 47.3 Å². The summed E-state index contributed by atoms with van der Waals surface area (Å²) in [5.74, 6) is -11.6. The minimum Gasteiger partial charge on any atom is -0.450 e. The van der Waals surface area contributed by atoms with Crippen molar-refractivity contribution >= 4 is 65.0 Å². The second-order valence-corrected chi connectivity index (χ2v) is 29.5. The number of amides is 10. The van der Waals surface area contributed by atoms with Crippen LogP contribution in [0.15, 0.2) is 30.3 Å². The highest BCUT2D eigenvalue weighted by Crippen LogP contribution is 2.25. The molecule has 2 unspecified atom stereocenters. The van der Waals surface area contributed by atoms with E-state index in [9.17, 15) is 48.6 Å². The highest BCUT2D eigenvalue weighted by molar-refractivity contribution is 5.99. The largest absolute Gasteiger partial charge is 0.450 e. The summed E-state index contributed by atoms with van der Waals surface area (Å²) in [7, 11) is 10.1. The van der Waals surface area contributed by atoms with E-state index < -0.39 is 162 Å². The molecular formula is C70H121N11O14. The van der Waals surface area contributed by atoms with E-state index in [1.165, 1.54) is 70.8 Å². The fraction of sp³-hybridized carbons (Fsp3) is 0.757. The zero-order valence-corrected chi connectivity index (χ0v) is 61.7. The molecule has 1 aromatic carbocycles. The van der Waals surface area contributed by atoms with Crippen LogP contribution >= 0.6 is 0 Å². The Kier molecular flexibility index (Phi) is 34.5. The second kappa shape index (κ2) is 38.9. The molecule has 1 fully saturated rings. The summed E-state index contributed by atoms with van der Waals surface area (Å²) in [6.07, 6.45) is -3.89. The van der Waals surface area contributed by atoms with Crippen LogP contribution in [0.2, 0.25) is 0 Å². The number of esters is 1. The van der Waals surface area contributed by atoms with Crippen LogP contribution in [0.1, 0.15) is 162 Å². The molecule has 1 aromatic rings. The first-order valence-electron chi connectivity index (χ1n) is 34.0. The monoisotopic (exact) mass is 1340 g/mol. The number of rotatable bonds is 20. The Labute approximate surface area is 567 Å². The van der Waals surface area contributed by atoms with Crippen LogP contribution in [0.4, 0.5) is 0 Å². The smallest absolute Gasteiger partial charge is 0.329 e. The van der Waals surface area contributed by atoms with E-state index in [4.69, 9.17) is 4.74 Å². The van der Waals surface area contributed by atoms with Crippen molar-refractivity contribution in [3.63, 3.8) is 0 Å². The van der Waals surface area contributed by atoms with Gasteiger partial charge in [0.05, 0.1) is 18.8 Å². The summed E-state index contributed by atoms with van der Waals surface area (Å²) in [4.78, 5) is 171. The Morgan fingerprint density at radius 2 is 0.916 bits per heavy atom. The van der Waals surface area contributed by atoms with Gasteiger partial charge in [-0.25, -0.2) is 4.79 Å². The molecule has 1 aliphatic rings. The normalized spacial score (nSPS) is 25.6. The summed E-state index contributed by atoms with van der Waals surface area (Å²) in [6, 6.07) is -2.62. The maximum atomic E-state index is 15.4. The Bertz CT molecular complexity index is 2710. The third-order valence-electron chi connectivity index (χ3n) is 17.6. The van der Waals surface area contributed by atoms with Crippen LogP contribution in [-0.2, 0) is 64.0 Å². The molecule has 95 heavy (non-hydrogen) atoms. The van der Waals surface area contributed by atoms with Gasteiger partial charge in [-0.1, -0.05) is 134 Å². The van der Waals surface area contributed by atoms with Gasteiger partial charge in [0.15, 0.2) is 6.10 Å². The number of benzene rings is 1. The lowest BCUT2D eigenvalue weighted by Crippen LogP contribution is -2.64. The Morgan fingerprint density at radius 3 is 1.35 bits per heavy atom. The van der Waals surface area contributed by atoms with Gasteiger partial charge in [0.2, 0.25) is 53.2 Å². The van der Waals surface area contributed by atoms with Crippen molar-refractivity contribution in [3.05, 3.63) is 35.9 Å². The van der Waals surface area contributed by atoms with Gasteiger partial charge in [0.25, 0.3) is 5.91 Å². The molecule has 1 aliphatic heterocycles. The van der Waals surface area contributed by atoms with E-state index in [-0.39, 0.29) is 61.7 Å². The van der Waals surface area contributed by atoms with Gasteiger partial charge in [0, 0.05) is 48.8 Å². The fourth-order valence-electron chi connectivity index (χ4n) is 11.9. The maximum Gasteiger partial charge on any atom is 0.329 e. The molecule has 0 spiro atoms. The molecule has 1 saturated heterocycles. The molecular weight excluding hydrogens is 1220 g/mol. The average molecular weight is 1340 g/mol. The zero-order chi connectivity index (χ0) is 73.0. The van der Waals surface area contributed by atoms with Gasteiger partial charge in [-0.05, 0) is 119 Å². The topological polar surface area (TPSA) is 308 Å². The van der Waals surface area contributed by atoms with Gasteiger partial charge < -0.3 is 70.5 Å². The van der Waals surface area contributed by atoms with Gasteiger partial charge in [-0.3, -0.25) is 47.9 Å². The number of nitrogens with one attached hydrogen (secondary N) is 4. The molecule has 25 heteroatoms. The predicted molar refractivity (Wildman–Crippen MR) is 365 cm³/mol. The number of hydrogen-bond acceptors (Lipinski definition) is 15. The van der Waals surface area contributed by atoms with Gasteiger partial charge >= 0.3 is 5.97 Å². The third kappa shape index (κ3) is 25.3. The maximum absolute atomic E-state index is 15.4. The van der Waals surface area contributed by atoms with Crippen molar-refractivity contribution in [2.24, 2.45) is 47.3 Å². The first kappa shape index (κ1) is 84.4.